The molecule has 0 saturated carbocycles. The van der Waals surface area contributed by atoms with Gasteiger partial charge in [0.15, 0.2) is 10.3 Å². The van der Waals surface area contributed by atoms with Crippen molar-refractivity contribution < 1.29 is 0 Å². The molecule has 7 heteroatoms. The molecule has 0 saturated heterocycles. The molecule has 2 rings (SSSR count). The molecule has 0 spiro atoms. The van der Waals surface area contributed by atoms with Gasteiger partial charge in [0.25, 0.3) is 0 Å². The average Bonchev–Trinajstić information content (AvgIpc) is 3.06. The summed E-state index contributed by atoms with van der Waals surface area (Å²) in [5.74, 6) is 0. The number of nitrogens with zero attached hydrogens (tertiary/aromatic N) is 2. The first-order valence-electron chi connectivity index (χ1n) is 8.29. The van der Waals surface area contributed by atoms with Gasteiger partial charge in [-0.2, -0.15) is 5.10 Å². The van der Waals surface area contributed by atoms with Crippen LogP contribution in [-0.2, 0) is 0 Å². The molecule has 5 nitrogen and oxygen atoms in total. The quantitative estimate of drug-likeness (QED) is 0.410. The number of hydrazone groups is 1. The molecule has 24 heavy (non-hydrogen) atoms. The van der Waals surface area contributed by atoms with Crippen molar-refractivity contribution in [3.05, 3.63) is 29.8 Å². The molecule has 1 aliphatic heterocycles. The van der Waals surface area contributed by atoms with Gasteiger partial charge in [-0.15, -0.1) is 0 Å². The van der Waals surface area contributed by atoms with Crippen LogP contribution in [0.3, 0.4) is 0 Å². The first-order valence-corrected chi connectivity index (χ1v) is 9.57. The molecule has 1 aromatic carbocycles. The van der Waals surface area contributed by atoms with Gasteiger partial charge in [0.05, 0.1) is 12.3 Å². The largest absolute Gasteiger partial charge is 0.361 e. The second-order valence-electron chi connectivity index (χ2n) is 5.56. The molecule has 0 unspecified atom stereocenters. The smallest absolute Gasteiger partial charge is 0.186 e. The Kier molecular flexibility index (Phi) is 7.52. The summed E-state index contributed by atoms with van der Waals surface area (Å²) in [7, 11) is 0. The molecule has 0 radical (unpaired) electrons. The van der Waals surface area contributed by atoms with Gasteiger partial charge in [0.2, 0.25) is 0 Å². The highest BCUT2D eigenvalue weighted by molar-refractivity contribution is 8.15. The maximum atomic E-state index is 5.15. The monoisotopic (exact) mass is 363 g/mol. The van der Waals surface area contributed by atoms with Crippen LogP contribution in [0.25, 0.3) is 0 Å². The summed E-state index contributed by atoms with van der Waals surface area (Å²) in [4.78, 5) is 4.53. The number of anilines is 1. The summed E-state index contributed by atoms with van der Waals surface area (Å²) in [6.07, 6.45) is 2.18. The summed E-state index contributed by atoms with van der Waals surface area (Å²) in [6, 6.07) is 8.18. The second kappa shape index (κ2) is 9.64. The van der Waals surface area contributed by atoms with Gasteiger partial charge in [0.1, 0.15) is 0 Å². The molecule has 130 valence electrons. The van der Waals surface area contributed by atoms with E-state index >= 15 is 0 Å². The van der Waals surface area contributed by atoms with Gasteiger partial charge in [-0.05, 0) is 49.7 Å². The van der Waals surface area contributed by atoms with E-state index in [0.717, 1.165) is 48.1 Å². The summed E-state index contributed by atoms with van der Waals surface area (Å²) in [6.45, 7) is 8.01. The minimum absolute atomic E-state index is 0.552. The van der Waals surface area contributed by atoms with Crippen molar-refractivity contribution in [2.45, 2.75) is 38.9 Å². The van der Waals surface area contributed by atoms with Crippen molar-refractivity contribution >= 4 is 45.7 Å². The Hall–Kier alpha value is -1.60. The lowest BCUT2D eigenvalue weighted by Gasteiger charge is -2.09. The number of hydrogen-bond acceptors (Lipinski definition) is 5. The van der Waals surface area contributed by atoms with Crippen molar-refractivity contribution in [3.63, 3.8) is 0 Å². The van der Waals surface area contributed by atoms with Gasteiger partial charge in [-0.25, -0.2) is 0 Å². The zero-order valence-corrected chi connectivity index (χ0v) is 16.1. The summed E-state index contributed by atoms with van der Waals surface area (Å²) in [5.41, 5.74) is 5.86. The fraction of sp³-hybridized carbons (Fsp3) is 0.471. The Balaban J connectivity index is 1.88. The normalized spacial score (nSPS) is 17.4. The molecule has 0 fully saturated rings. The third-order valence-corrected chi connectivity index (χ3v) is 5.09. The topological polar surface area (TPSA) is 60.8 Å². The SMILES string of the molecule is CCCNC(=S)N/N=C(/C)c1ccc(NC2=NC[C@H](CC)S2)cc1. The molecular formula is C17H25N5S2. The standard InChI is InChI=1S/C17H25N5S2/c1-4-10-18-16(23)22-21-12(3)13-6-8-14(9-7-13)20-17-19-11-15(5-2)24-17/h6-9,15H,4-5,10-11H2,1-3H3,(H,19,20)(H2,18,22,23)/b21-12-/t15-/m0/s1. The zero-order valence-electron chi connectivity index (χ0n) is 14.4. The van der Waals surface area contributed by atoms with E-state index in [1.165, 1.54) is 0 Å². The minimum Gasteiger partial charge on any atom is -0.361 e. The first kappa shape index (κ1) is 18.7. The molecule has 0 aliphatic carbocycles. The first-order chi connectivity index (χ1) is 11.6. The van der Waals surface area contributed by atoms with E-state index in [1.807, 2.05) is 43.0 Å². The van der Waals surface area contributed by atoms with Gasteiger partial charge >= 0.3 is 0 Å². The van der Waals surface area contributed by atoms with Gasteiger partial charge in [0, 0.05) is 17.5 Å². The summed E-state index contributed by atoms with van der Waals surface area (Å²) < 4.78 is 0. The van der Waals surface area contributed by atoms with Crippen molar-refractivity contribution in [1.82, 2.24) is 10.7 Å². The molecular weight excluding hydrogens is 338 g/mol. The van der Waals surface area contributed by atoms with E-state index in [9.17, 15) is 0 Å². The van der Waals surface area contributed by atoms with Crippen LogP contribution in [0.15, 0.2) is 34.4 Å². The maximum absolute atomic E-state index is 5.15. The summed E-state index contributed by atoms with van der Waals surface area (Å²) in [5, 5.41) is 12.9. The number of rotatable bonds is 6. The third kappa shape index (κ3) is 5.79. The van der Waals surface area contributed by atoms with Crippen LogP contribution < -0.4 is 16.1 Å². The van der Waals surface area contributed by atoms with Crippen LogP contribution in [0.5, 0.6) is 0 Å². The lowest BCUT2D eigenvalue weighted by molar-refractivity contribution is 0.816. The highest BCUT2D eigenvalue weighted by atomic mass is 32.2. The molecule has 0 aromatic heterocycles. The van der Waals surface area contributed by atoms with Gasteiger partial charge < -0.3 is 10.6 Å². The van der Waals surface area contributed by atoms with E-state index < -0.39 is 0 Å². The molecule has 1 aromatic rings. The van der Waals surface area contributed by atoms with Crippen molar-refractivity contribution in [2.75, 3.05) is 18.4 Å². The van der Waals surface area contributed by atoms with E-state index in [0.29, 0.717) is 10.4 Å². The van der Waals surface area contributed by atoms with Crippen LogP contribution in [-0.4, -0.2) is 34.3 Å². The lowest BCUT2D eigenvalue weighted by atomic mass is 10.1. The number of aliphatic imine (C=N–C) groups is 1. The van der Waals surface area contributed by atoms with Crippen molar-refractivity contribution in [1.29, 1.82) is 0 Å². The van der Waals surface area contributed by atoms with Crippen LogP contribution in [0.2, 0.25) is 0 Å². The molecule has 1 heterocycles. The van der Waals surface area contributed by atoms with Gasteiger partial charge in [-0.3, -0.25) is 10.4 Å². The molecule has 1 atom stereocenters. The maximum Gasteiger partial charge on any atom is 0.186 e. The Morgan fingerprint density at radius 2 is 2.08 bits per heavy atom. The molecule has 1 aliphatic rings. The van der Waals surface area contributed by atoms with Gasteiger partial charge in [-0.1, -0.05) is 37.7 Å². The predicted molar refractivity (Wildman–Crippen MR) is 110 cm³/mol. The fourth-order valence-corrected chi connectivity index (χ4v) is 3.20. The number of benzene rings is 1. The number of amidine groups is 1. The number of thioether (sulfide) groups is 1. The second-order valence-corrected chi connectivity index (χ2v) is 7.26. The minimum atomic E-state index is 0.552. The Labute approximate surface area is 153 Å². The Bertz CT molecular complexity index is 610. The van der Waals surface area contributed by atoms with E-state index in [-0.39, 0.29) is 0 Å². The highest BCUT2D eigenvalue weighted by Crippen LogP contribution is 2.24. The Morgan fingerprint density at radius 3 is 2.71 bits per heavy atom. The number of thiocarbonyl (C=S) groups is 1. The lowest BCUT2D eigenvalue weighted by Crippen LogP contribution is -2.32. The number of hydrogen-bond donors (Lipinski definition) is 3. The fourth-order valence-electron chi connectivity index (χ4n) is 2.09. The van der Waals surface area contributed by atoms with Crippen molar-refractivity contribution in [2.24, 2.45) is 10.1 Å². The average molecular weight is 364 g/mol. The third-order valence-electron chi connectivity index (χ3n) is 3.59. The van der Waals surface area contributed by atoms with Crippen LogP contribution in [0.4, 0.5) is 5.69 Å². The summed E-state index contributed by atoms with van der Waals surface area (Å²) >= 11 is 6.97. The number of nitrogens with one attached hydrogen (secondary N) is 3. The van der Waals surface area contributed by atoms with E-state index in [1.54, 1.807) is 0 Å². The van der Waals surface area contributed by atoms with Crippen molar-refractivity contribution in [3.8, 4) is 0 Å². The predicted octanol–water partition coefficient (Wildman–Crippen LogP) is 3.58. The Morgan fingerprint density at radius 1 is 1.33 bits per heavy atom. The molecule has 0 bridgehead atoms. The molecule has 3 N–H and O–H groups in total. The van der Waals surface area contributed by atoms with Crippen LogP contribution in [0, 0.1) is 0 Å². The molecule has 0 amide bonds. The van der Waals surface area contributed by atoms with E-state index in [4.69, 9.17) is 12.2 Å². The highest BCUT2D eigenvalue weighted by Gasteiger charge is 2.17. The van der Waals surface area contributed by atoms with Crippen LogP contribution >= 0.6 is 24.0 Å². The van der Waals surface area contributed by atoms with Crippen LogP contribution in [0.1, 0.15) is 39.2 Å². The zero-order chi connectivity index (χ0) is 17.4. The van der Waals surface area contributed by atoms with E-state index in [2.05, 4.69) is 40.0 Å².